The molecule has 2 aromatic rings. The van der Waals surface area contributed by atoms with E-state index in [1.807, 2.05) is 0 Å². The van der Waals surface area contributed by atoms with Gasteiger partial charge in [-0.15, -0.1) is 0 Å². The Labute approximate surface area is 147 Å². The molecule has 0 aliphatic rings. The maximum atomic E-state index is 12.6. The fourth-order valence-electron chi connectivity index (χ4n) is 1.91. The minimum atomic E-state index is -2.90. The molecule has 0 saturated heterocycles. The van der Waals surface area contributed by atoms with E-state index < -0.39 is 20.6 Å². The third kappa shape index (κ3) is 4.59. The first kappa shape index (κ1) is 18.0. The van der Waals surface area contributed by atoms with Crippen LogP contribution in [-0.4, -0.2) is 21.3 Å². The van der Waals surface area contributed by atoms with E-state index in [1.54, 1.807) is 30.3 Å². The minimum absolute atomic E-state index is 0.120. The van der Waals surface area contributed by atoms with Crippen molar-refractivity contribution < 1.29 is 13.9 Å². The third-order valence-corrected chi connectivity index (χ3v) is 5.19. The predicted octanol–water partition coefficient (Wildman–Crippen LogP) is 4.05. The molecule has 1 unspecified atom stereocenters. The van der Waals surface area contributed by atoms with Gasteiger partial charge in [-0.2, -0.15) is 4.36 Å². The van der Waals surface area contributed by atoms with Crippen molar-refractivity contribution in [2.24, 2.45) is 4.36 Å². The fraction of sp³-hybridized carbons (Fsp3) is 0.0625. The lowest BCUT2D eigenvalue weighted by Gasteiger charge is -2.03. The molecule has 8 heteroatoms. The number of rotatable bonds is 4. The van der Waals surface area contributed by atoms with E-state index in [9.17, 15) is 19.1 Å². The second-order valence-corrected chi connectivity index (χ2v) is 8.01. The molecule has 2 rings (SSSR count). The van der Waals surface area contributed by atoms with E-state index in [4.69, 9.17) is 0 Å². The molecule has 24 heavy (non-hydrogen) atoms. The summed E-state index contributed by atoms with van der Waals surface area (Å²) in [7, 11) is -2.90. The number of nitrogens with zero attached hydrogens (tertiary/aromatic N) is 2. The molecular formula is C16H13BrN2O4S. The molecule has 0 aromatic heterocycles. The summed E-state index contributed by atoms with van der Waals surface area (Å²) in [5, 5.41) is 10.9. The Hall–Kier alpha value is -2.32. The van der Waals surface area contributed by atoms with Gasteiger partial charge in [-0.05, 0) is 30.3 Å². The van der Waals surface area contributed by atoms with Crippen LogP contribution in [0.4, 0.5) is 5.69 Å². The van der Waals surface area contributed by atoms with Crippen LogP contribution in [0.2, 0.25) is 0 Å². The number of hydrogen-bond acceptors (Lipinski definition) is 4. The van der Waals surface area contributed by atoms with E-state index in [2.05, 4.69) is 20.3 Å². The van der Waals surface area contributed by atoms with Crippen LogP contribution < -0.4 is 0 Å². The number of para-hydroxylation sites is 1. The zero-order valence-electron chi connectivity index (χ0n) is 12.6. The molecule has 124 valence electrons. The monoisotopic (exact) mass is 408 g/mol. The Morgan fingerprint density at radius 2 is 1.96 bits per heavy atom. The molecule has 0 aliphatic carbocycles. The van der Waals surface area contributed by atoms with Gasteiger partial charge in [0.05, 0.1) is 20.2 Å². The van der Waals surface area contributed by atoms with Gasteiger partial charge in [0, 0.05) is 27.8 Å². The Balaban J connectivity index is 2.30. The SMILES string of the molecule is CS(=O)(=NC(=O)/C=C/c1ccccc1[N+](=O)[O-])c1cccc(Br)c1. The highest BCUT2D eigenvalue weighted by Crippen LogP contribution is 2.20. The van der Waals surface area contributed by atoms with Crippen LogP contribution in [0.5, 0.6) is 0 Å². The van der Waals surface area contributed by atoms with Gasteiger partial charge < -0.3 is 0 Å². The summed E-state index contributed by atoms with van der Waals surface area (Å²) in [6.45, 7) is 0. The summed E-state index contributed by atoms with van der Waals surface area (Å²) in [5.74, 6) is -0.722. The quantitative estimate of drug-likeness (QED) is 0.433. The normalized spacial score (nSPS) is 13.4. The predicted molar refractivity (Wildman–Crippen MR) is 96.0 cm³/mol. The highest BCUT2D eigenvalue weighted by Gasteiger charge is 2.11. The van der Waals surface area contributed by atoms with Gasteiger partial charge in [-0.25, -0.2) is 4.21 Å². The number of nitro groups is 1. The zero-order valence-corrected chi connectivity index (χ0v) is 15.0. The van der Waals surface area contributed by atoms with Crippen LogP contribution in [-0.2, 0) is 14.5 Å². The fourth-order valence-corrected chi connectivity index (χ4v) is 3.65. The van der Waals surface area contributed by atoms with E-state index in [0.29, 0.717) is 4.90 Å². The lowest BCUT2D eigenvalue weighted by Crippen LogP contribution is -2.01. The number of carbonyl (C=O) groups is 1. The van der Waals surface area contributed by atoms with Crippen LogP contribution in [0.3, 0.4) is 0 Å². The van der Waals surface area contributed by atoms with Crippen molar-refractivity contribution >= 4 is 43.3 Å². The second kappa shape index (κ2) is 7.50. The summed E-state index contributed by atoms with van der Waals surface area (Å²) < 4.78 is 17.0. The maximum absolute atomic E-state index is 12.6. The lowest BCUT2D eigenvalue weighted by molar-refractivity contribution is -0.385. The summed E-state index contributed by atoms with van der Waals surface area (Å²) in [4.78, 5) is 22.8. The van der Waals surface area contributed by atoms with Gasteiger partial charge in [-0.3, -0.25) is 14.9 Å². The average Bonchev–Trinajstić information content (AvgIpc) is 2.52. The summed E-state index contributed by atoms with van der Waals surface area (Å²) >= 11 is 3.27. The molecular weight excluding hydrogens is 396 g/mol. The van der Waals surface area contributed by atoms with Crippen molar-refractivity contribution in [2.45, 2.75) is 4.90 Å². The summed E-state index contributed by atoms with van der Waals surface area (Å²) in [6.07, 6.45) is 3.73. The van der Waals surface area contributed by atoms with Crippen LogP contribution in [0.1, 0.15) is 5.56 Å². The Morgan fingerprint density at radius 3 is 2.62 bits per heavy atom. The Bertz CT molecular complexity index is 947. The van der Waals surface area contributed by atoms with Gasteiger partial charge in [0.2, 0.25) is 0 Å². The topological polar surface area (TPSA) is 89.6 Å². The summed E-state index contributed by atoms with van der Waals surface area (Å²) in [6, 6.07) is 12.7. The summed E-state index contributed by atoms with van der Waals surface area (Å²) in [5.41, 5.74) is 0.155. The molecule has 0 radical (unpaired) electrons. The highest BCUT2D eigenvalue weighted by atomic mass is 79.9. The van der Waals surface area contributed by atoms with E-state index in [-0.39, 0.29) is 11.3 Å². The standard InChI is InChI=1S/C16H13BrN2O4S/c1-24(23,14-7-4-6-13(17)11-14)18-16(20)10-9-12-5-2-3-8-15(12)19(21)22/h2-11H,1H3/b10-9+. The van der Waals surface area contributed by atoms with Crippen LogP contribution in [0, 0.1) is 10.1 Å². The number of halogens is 1. The number of amides is 1. The highest BCUT2D eigenvalue weighted by molar-refractivity contribution is 9.10. The number of benzene rings is 2. The van der Waals surface area contributed by atoms with Crippen molar-refractivity contribution in [1.29, 1.82) is 0 Å². The van der Waals surface area contributed by atoms with Crippen molar-refractivity contribution in [3.8, 4) is 0 Å². The molecule has 1 amide bonds. The second-order valence-electron chi connectivity index (χ2n) is 4.84. The number of nitro benzene ring substituents is 1. The average molecular weight is 409 g/mol. The van der Waals surface area contributed by atoms with E-state index >= 15 is 0 Å². The first-order valence-electron chi connectivity index (χ1n) is 6.73. The maximum Gasteiger partial charge on any atom is 0.278 e. The zero-order chi connectivity index (χ0) is 17.7. The molecule has 2 aromatic carbocycles. The van der Waals surface area contributed by atoms with Gasteiger partial charge in [0.1, 0.15) is 0 Å². The Morgan fingerprint density at radius 1 is 1.25 bits per heavy atom. The molecule has 0 fully saturated rings. The van der Waals surface area contributed by atoms with Gasteiger partial charge in [0.25, 0.3) is 11.6 Å². The Kier molecular flexibility index (Phi) is 5.63. The molecule has 6 nitrogen and oxygen atoms in total. The van der Waals surface area contributed by atoms with E-state index in [1.165, 1.54) is 30.5 Å². The third-order valence-electron chi connectivity index (χ3n) is 3.04. The minimum Gasteiger partial charge on any atom is -0.267 e. The molecule has 1 atom stereocenters. The first-order valence-corrected chi connectivity index (χ1v) is 9.44. The van der Waals surface area contributed by atoms with Crippen LogP contribution in [0.25, 0.3) is 6.08 Å². The number of hydrogen-bond donors (Lipinski definition) is 0. The molecule has 0 spiro atoms. The van der Waals surface area contributed by atoms with Gasteiger partial charge >= 0.3 is 0 Å². The number of carbonyl (C=O) groups excluding carboxylic acids is 1. The molecule has 0 saturated carbocycles. The van der Waals surface area contributed by atoms with Crippen molar-refractivity contribution in [2.75, 3.05) is 6.26 Å². The van der Waals surface area contributed by atoms with Gasteiger partial charge in [0.15, 0.2) is 0 Å². The van der Waals surface area contributed by atoms with Crippen LogP contribution >= 0.6 is 15.9 Å². The molecule has 0 N–H and O–H groups in total. The largest absolute Gasteiger partial charge is 0.278 e. The smallest absolute Gasteiger partial charge is 0.267 e. The molecule has 0 aliphatic heterocycles. The molecule has 0 heterocycles. The molecule has 0 bridgehead atoms. The van der Waals surface area contributed by atoms with Crippen LogP contribution in [0.15, 0.2) is 68.3 Å². The lowest BCUT2D eigenvalue weighted by atomic mass is 10.1. The van der Waals surface area contributed by atoms with Gasteiger partial charge in [-0.1, -0.05) is 34.1 Å². The first-order chi connectivity index (χ1) is 11.3. The van der Waals surface area contributed by atoms with Crippen molar-refractivity contribution in [3.63, 3.8) is 0 Å². The van der Waals surface area contributed by atoms with E-state index in [0.717, 1.165) is 10.5 Å². The van der Waals surface area contributed by atoms with Crippen molar-refractivity contribution in [1.82, 2.24) is 0 Å². The van der Waals surface area contributed by atoms with Crippen molar-refractivity contribution in [3.05, 3.63) is 74.8 Å².